The molecule has 1 heterocycles. The van der Waals surface area contributed by atoms with Gasteiger partial charge in [0, 0.05) is 13.6 Å². The second-order valence-corrected chi connectivity index (χ2v) is 5.52. The number of hydrogen-bond acceptors (Lipinski definition) is 5. The van der Waals surface area contributed by atoms with Gasteiger partial charge in [-0.1, -0.05) is 0 Å². The van der Waals surface area contributed by atoms with E-state index in [4.69, 9.17) is 9.52 Å². The zero-order valence-electron chi connectivity index (χ0n) is 10.1. The zero-order valence-corrected chi connectivity index (χ0v) is 10.9. The average Bonchev–Trinajstić information content (AvgIpc) is 2.69. The lowest BCUT2D eigenvalue weighted by Gasteiger charge is -2.15. The Morgan fingerprint density at radius 2 is 2.28 bits per heavy atom. The lowest BCUT2D eigenvalue weighted by Crippen LogP contribution is -2.38. The monoisotopic (exact) mass is 277 g/mol. The summed E-state index contributed by atoms with van der Waals surface area (Å²) < 4.78 is 31.6. The maximum Gasteiger partial charge on any atom is 0.304 e. The van der Waals surface area contributed by atoms with E-state index in [0.29, 0.717) is 5.76 Å². The second kappa shape index (κ2) is 5.94. The van der Waals surface area contributed by atoms with Gasteiger partial charge in [-0.3, -0.25) is 4.79 Å². The van der Waals surface area contributed by atoms with Gasteiger partial charge in [-0.2, -0.15) is 17.4 Å². The third-order valence-electron chi connectivity index (χ3n) is 2.13. The molecule has 9 heteroatoms. The van der Waals surface area contributed by atoms with Gasteiger partial charge in [-0.25, -0.2) is 4.98 Å². The summed E-state index contributed by atoms with van der Waals surface area (Å²) in [7, 11) is -2.43. The third-order valence-corrected chi connectivity index (χ3v) is 3.64. The fourth-order valence-electron chi connectivity index (χ4n) is 1.12. The fraction of sp³-hybridized carbons (Fsp3) is 0.556. The van der Waals surface area contributed by atoms with Gasteiger partial charge in [0.2, 0.25) is 5.89 Å². The molecular formula is C9H15N3O5S. The summed E-state index contributed by atoms with van der Waals surface area (Å²) in [6.07, 6.45) is 1.23. The molecule has 0 spiro atoms. The van der Waals surface area contributed by atoms with E-state index < -0.39 is 16.2 Å². The number of nitrogens with zero attached hydrogens (tertiary/aromatic N) is 2. The quantitative estimate of drug-likeness (QED) is 0.709. The Balaban J connectivity index is 2.51. The molecule has 0 unspecified atom stereocenters. The van der Waals surface area contributed by atoms with E-state index in [1.165, 1.54) is 13.2 Å². The Kier molecular flexibility index (Phi) is 4.82. The number of aryl methyl sites for hydroxylation is 1. The molecule has 2 N–H and O–H groups in total. The number of nitrogens with one attached hydrogen (secondary N) is 1. The first-order valence-electron chi connectivity index (χ1n) is 5.15. The van der Waals surface area contributed by atoms with Crippen molar-refractivity contribution >= 4 is 16.2 Å². The van der Waals surface area contributed by atoms with Crippen molar-refractivity contribution < 1.29 is 22.7 Å². The van der Waals surface area contributed by atoms with Gasteiger partial charge in [-0.05, 0) is 6.92 Å². The van der Waals surface area contributed by atoms with Crippen LogP contribution >= 0.6 is 0 Å². The van der Waals surface area contributed by atoms with E-state index in [1.54, 1.807) is 6.92 Å². The summed E-state index contributed by atoms with van der Waals surface area (Å²) in [4.78, 5) is 14.2. The smallest absolute Gasteiger partial charge is 0.304 e. The Bertz CT molecular complexity index is 510. The van der Waals surface area contributed by atoms with E-state index in [9.17, 15) is 13.2 Å². The van der Waals surface area contributed by atoms with Crippen LogP contribution in [0.1, 0.15) is 18.1 Å². The van der Waals surface area contributed by atoms with Crippen LogP contribution < -0.4 is 4.72 Å². The second-order valence-electron chi connectivity index (χ2n) is 3.66. The van der Waals surface area contributed by atoms with Crippen molar-refractivity contribution in [2.45, 2.75) is 19.9 Å². The van der Waals surface area contributed by atoms with Crippen molar-refractivity contribution in [3.8, 4) is 0 Å². The number of aliphatic carboxylic acids is 1. The Morgan fingerprint density at radius 1 is 1.61 bits per heavy atom. The topological polar surface area (TPSA) is 113 Å². The van der Waals surface area contributed by atoms with Crippen molar-refractivity contribution in [3.63, 3.8) is 0 Å². The summed E-state index contributed by atoms with van der Waals surface area (Å²) in [5.74, 6) is -0.216. The van der Waals surface area contributed by atoms with E-state index in [2.05, 4.69) is 9.71 Å². The predicted octanol–water partition coefficient (Wildman–Crippen LogP) is -0.276. The lowest BCUT2D eigenvalue weighted by molar-refractivity contribution is -0.137. The van der Waals surface area contributed by atoms with Gasteiger partial charge in [0.25, 0.3) is 10.2 Å². The molecule has 0 aliphatic carbocycles. The molecule has 1 aromatic rings. The van der Waals surface area contributed by atoms with Gasteiger partial charge in [0.1, 0.15) is 5.76 Å². The fourth-order valence-corrected chi connectivity index (χ4v) is 1.98. The maximum atomic E-state index is 11.7. The molecule has 0 bridgehead atoms. The molecule has 18 heavy (non-hydrogen) atoms. The molecule has 0 amide bonds. The van der Waals surface area contributed by atoms with E-state index in [1.807, 2.05) is 0 Å². The largest absolute Gasteiger partial charge is 0.481 e. The Morgan fingerprint density at radius 3 is 2.78 bits per heavy atom. The van der Waals surface area contributed by atoms with Gasteiger partial charge < -0.3 is 9.52 Å². The van der Waals surface area contributed by atoms with Crippen molar-refractivity contribution in [2.24, 2.45) is 0 Å². The number of hydrogen-bond donors (Lipinski definition) is 2. The van der Waals surface area contributed by atoms with Gasteiger partial charge in [-0.15, -0.1) is 0 Å². The summed E-state index contributed by atoms with van der Waals surface area (Å²) >= 11 is 0. The van der Waals surface area contributed by atoms with E-state index in [-0.39, 0.29) is 25.4 Å². The van der Waals surface area contributed by atoms with Crippen LogP contribution in [0.15, 0.2) is 10.6 Å². The molecule has 0 saturated carbocycles. The molecule has 1 aromatic heterocycles. The maximum absolute atomic E-state index is 11.7. The first kappa shape index (κ1) is 14.6. The molecule has 0 saturated heterocycles. The van der Waals surface area contributed by atoms with E-state index in [0.717, 1.165) is 4.31 Å². The average molecular weight is 277 g/mol. The molecule has 0 fully saturated rings. The minimum absolute atomic E-state index is 0.0758. The molecule has 1 rings (SSSR count). The number of rotatable bonds is 7. The van der Waals surface area contributed by atoms with E-state index >= 15 is 0 Å². The van der Waals surface area contributed by atoms with Crippen LogP contribution in [-0.2, 0) is 21.5 Å². The van der Waals surface area contributed by atoms with Crippen molar-refractivity contribution in [2.75, 3.05) is 13.6 Å². The first-order chi connectivity index (χ1) is 8.31. The summed E-state index contributed by atoms with van der Waals surface area (Å²) in [5.41, 5.74) is 0. The SMILES string of the molecule is Cc1cnc(CNS(=O)(=O)N(C)CCC(=O)O)o1. The van der Waals surface area contributed by atoms with Crippen LogP contribution in [0.2, 0.25) is 0 Å². The Hall–Kier alpha value is -1.45. The lowest BCUT2D eigenvalue weighted by atomic mass is 10.4. The molecular weight excluding hydrogens is 262 g/mol. The van der Waals surface area contributed by atoms with Crippen LogP contribution in [0.25, 0.3) is 0 Å². The minimum atomic E-state index is -3.72. The highest BCUT2D eigenvalue weighted by atomic mass is 32.2. The third kappa shape index (κ3) is 4.43. The van der Waals surface area contributed by atoms with Gasteiger partial charge in [0.05, 0.1) is 19.2 Å². The first-order valence-corrected chi connectivity index (χ1v) is 6.59. The highest BCUT2D eigenvalue weighted by molar-refractivity contribution is 7.87. The summed E-state index contributed by atoms with van der Waals surface area (Å²) in [6, 6.07) is 0. The number of carboxylic acid groups (broad SMARTS) is 1. The van der Waals surface area contributed by atoms with Crippen LogP contribution in [0.5, 0.6) is 0 Å². The zero-order chi connectivity index (χ0) is 13.8. The van der Waals surface area contributed by atoms with Gasteiger partial charge >= 0.3 is 5.97 Å². The highest BCUT2D eigenvalue weighted by Gasteiger charge is 2.18. The normalized spacial score (nSPS) is 11.9. The molecule has 0 aromatic carbocycles. The molecule has 0 atom stereocenters. The van der Waals surface area contributed by atoms with Crippen LogP contribution in [0.4, 0.5) is 0 Å². The number of aromatic nitrogens is 1. The van der Waals surface area contributed by atoms with Crippen molar-refractivity contribution in [1.82, 2.24) is 14.0 Å². The summed E-state index contributed by atoms with van der Waals surface area (Å²) in [6.45, 7) is 1.52. The molecule has 102 valence electrons. The predicted molar refractivity (Wildman–Crippen MR) is 61.9 cm³/mol. The van der Waals surface area contributed by atoms with Crippen molar-refractivity contribution in [3.05, 3.63) is 17.8 Å². The van der Waals surface area contributed by atoms with Gasteiger partial charge in [0.15, 0.2) is 0 Å². The molecule has 0 aliphatic heterocycles. The minimum Gasteiger partial charge on any atom is -0.481 e. The molecule has 0 radical (unpaired) electrons. The Labute approximate surface area is 105 Å². The molecule has 8 nitrogen and oxygen atoms in total. The van der Waals surface area contributed by atoms with Crippen LogP contribution in [0.3, 0.4) is 0 Å². The number of carbonyl (C=O) groups is 1. The number of carboxylic acids is 1. The summed E-state index contributed by atoms with van der Waals surface area (Å²) in [5, 5.41) is 8.47. The van der Waals surface area contributed by atoms with Crippen molar-refractivity contribution in [1.29, 1.82) is 0 Å². The highest BCUT2D eigenvalue weighted by Crippen LogP contribution is 2.03. The molecule has 0 aliphatic rings. The van der Waals surface area contributed by atoms with Crippen LogP contribution in [-0.4, -0.2) is 42.4 Å². The van der Waals surface area contributed by atoms with Crippen LogP contribution in [0, 0.1) is 6.92 Å². The number of oxazole rings is 1. The standard InChI is InChI=1S/C9H15N3O5S/c1-7-5-10-8(17-7)6-11-18(15,16)12(2)4-3-9(13)14/h5,11H,3-4,6H2,1-2H3,(H,13,14).